The number of halogens is 1. The number of piperidine rings is 1. The first-order chi connectivity index (χ1) is 12.4. The van der Waals surface area contributed by atoms with E-state index < -0.39 is 5.82 Å². The predicted octanol–water partition coefficient (Wildman–Crippen LogP) is 2.71. The third-order valence-electron chi connectivity index (χ3n) is 4.56. The van der Waals surface area contributed by atoms with Gasteiger partial charge in [-0.3, -0.25) is 4.79 Å². The molecular formula is C19H24FN5O. The molecule has 138 valence electrons. The maximum absolute atomic E-state index is 13.7. The minimum Gasteiger partial charge on any atom is -0.360 e. The molecule has 0 radical (unpaired) electrons. The summed E-state index contributed by atoms with van der Waals surface area (Å²) in [5, 5.41) is 3.26. The SMILES string of the molecule is Cc1ccc(C(=O)N2CCC(Nc3ncc(F)c(N(C)C)n3)CC2)cc1. The molecular weight excluding hydrogens is 333 g/mol. The smallest absolute Gasteiger partial charge is 0.253 e. The fourth-order valence-corrected chi connectivity index (χ4v) is 3.03. The van der Waals surface area contributed by atoms with Crippen LogP contribution < -0.4 is 10.2 Å². The number of hydrogen-bond donors (Lipinski definition) is 1. The van der Waals surface area contributed by atoms with Gasteiger partial charge in [0.25, 0.3) is 5.91 Å². The molecule has 0 aliphatic carbocycles. The van der Waals surface area contributed by atoms with Crippen LogP contribution in [0.4, 0.5) is 16.2 Å². The number of nitrogens with zero attached hydrogens (tertiary/aromatic N) is 4. The normalized spacial score (nSPS) is 15.0. The number of benzene rings is 1. The van der Waals surface area contributed by atoms with Gasteiger partial charge in [-0.2, -0.15) is 4.98 Å². The quantitative estimate of drug-likeness (QED) is 0.912. The van der Waals surface area contributed by atoms with E-state index in [2.05, 4.69) is 15.3 Å². The Morgan fingerprint density at radius 2 is 1.88 bits per heavy atom. The minimum atomic E-state index is -0.445. The average molecular weight is 357 g/mol. The van der Waals surface area contributed by atoms with E-state index in [1.54, 1.807) is 19.0 Å². The van der Waals surface area contributed by atoms with Gasteiger partial charge in [-0.25, -0.2) is 9.37 Å². The van der Waals surface area contributed by atoms with Crippen LogP contribution in [0.5, 0.6) is 0 Å². The number of aryl methyl sites for hydroxylation is 1. The zero-order valence-corrected chi connectivity index (χ0v) is 15.4. The van der Waals surface area contributed by atoms with E-state index >= 15 is 0 Å². The summed E-state index contributed by atoms with van der Waals surface area (Å²) in [6, 6.07) is 7.82. The topological polar surface area (TPSA) is 61.4 Å². The first kappa shape index (κ1) is 18.1. The van der Waals surface area contributed by atoms with Gasteiger partial charge in [-0.05, 0) is 31.9 Å². The number of carbonyl (C=O) groups is 1. The lowest BCUT2D eigenvalue weighted by molar-refractivity contribution is 0.0718. The number of anilines is 2. The van der Waals surface area contributed by atoms with E-state index in [9.17, 15) is 9.18 Å². The summed E-state index contributed by atoms with van der Waals surface area (Å²) in [6.45, 7) is 3.35. The fourth-order valence-electron chi connectivity index (χ4n) is 3.03. The Labute approximate surface area is 153 Å². The molecule has 7 heteroatoms. The molecule has 26 heavy (non-hydrogen) atoms. The van der Waals surface area contributed by atoms with Crippen molar-refractivity contribution in [1.29, 1.82) is 0 Å². The van der Waals surface area contributed by atoms with Crippen LogP contribution in [0, 0.1) is 12.7 Å². The van der Waals surface area contributed by atoms with Gasteiger partial charge in [0.2, 0.25) is 5.95 Å². The molecule has 1 aliphatic rings. The molecule has 1 aliphatic heterocycles. The first-order valence-electron chi connectivity index (χ1n) is 8.76. The Kier molecular flexibility index (Phi) is 5.35. The van der Waals surface area contributed by atoms with E-state index in [0.29, 0.717) is 19.0 Å². The van der Waals surface area contributed by atoms with Crippen LogP contribution in [0.3, 0.4) is 0 Å². The van der Waals surface area contributed by atoms with E-state index in [-0.39, 0.29) is 17.8 Å². The van der Waals surface area contributed by atoms with Crippen molar-refractivity contribution in [3.8, 4) is 0 Å². The van der Waals surface area contributed by atoms with E-state index in [0.717, 1.165) is 24.0 Å². The van der Waals surface area contributed by atoms with Gasteiger partial charge in [0.1, 0.15) is 0 Å². The van der Waals surface area contributed by atoms with Gasteiger partial charge >= 0.3 is 0 Å². The molecule has 1 aromatic heterocycles. The summed E-state index contributed by atoms with van der Waals surface area (Å²) >= 11 is 0. The van der Waals surface area contributed by atoms with Gasteiger partial charge in [-0.1, -0.05) is 17.7 Å². The fraction of sp³-hybridized carbons (Fsp3) is 0.421. The molecule has 6 nitrogen and oxygen atoms in total. The Morgan fingerprint density at radius 3 is 2.50 bits per heavy atom. The summed E-state index contributed by atoms with van der Waals surface area (Å²) in [7, 11) is 3.48. The van der Waals surface area contributed by atoms with Gasteiger partial charge in [-0.15, -0.1) is 0 Å². The van der Waals surface area contributed by atoms with Crippen LogP contribution in [-0.2, 0) is 0 Å². The minimum absolute atomic E-state index is 0.0661. The van der Waals surface area contributed by atoms with E-state index in [1.807, 2.05) is 36.1 Å². The summed E-state index contributed by atoms with van der Waals surface area (Å²) in [6.07, 6.45) is 2.78. The second-order valence-corrected chi connectivity index (χ2v) is 6.84. The molecule has 2 heterocycles. The summed E-state index contributed by atoms with van der Waals surface area (Å²) in [4.78, 5) is 24.3. The van der Waals surface area contributed by atoms with Crippen molar-refractivity contribution in [3.63, 3.8) is 0 Å². The molecule has 1 N–H and O–H groups in total. The van der Waals surface area contributed by atoms with Crippen molar-refractivity contribution < 1.29 is 9.18 Å². The maximum Gasteiger partial charge on any atom is 0.253 e. The van der Waals surface area contributed by atoms with Gasteiger partial charge < -0.3 is 15.1 Å². The van der Waals surface area contributed by atoms with Crippen molar-refractivity contribution in [3.05, 3.63) is 47.4 Å². The predicted molar refractivity (Wildman–Crippen MR) is 100 cm³/mol. The van der Waals surface area contributed by atoms with Crippen LogP contribution in [0.15, 0.2) is 30.5 Å². The van der Waals surface area contributed by atoms with Crippen LogP contribution in [0.25, 0.3) is 0 Å². The van der Waals surface area contributed by atoms with Crippen molar-refractivity contribution in [2.75, 3.05) is 37.4 Å². The zero-order chi connectivity index (χ0) is 18.7. The molecule has 1 saturated heterocycles. The van der Waals surface area contributed by atoms with Gasteiger partial charge in [0.15, 0.2) is 11.6 Å². The Balaban J connectivity index is 1.58. The van der Waals surface area contributed by atoms with E-state index in [1.165, 1.54) is 6.20 Å². The molecule has 1 fully saturated rings. The standard InChI is InChI=1S/C19H24FN5O/c1-13-4-6-14(7-5-13)18(26)25-10-8-15(9-11-25)22-19-21-12-16(20)17(23-19)24(2)3/h4-7,12,15H,8-11H2,1-3H3,(H,21,22,23). The lowest BCUT2D eigenvalue weighted by Crippen LogP contribution is -2.42. The number of rotatable bonds is 4. The molecule has 0 unspecified atom stereocenters. The molecule has 0 saturated carbocycles. The number of hydrogen-bond acceptors (Lipinski definition) is 5. The number of carbonyl (C=O) groups excluding carboxylic acids is 1. The second kappa shape index (κ2) is 7.68. The summed E-state index contributed by atoms with van der Waals surface area (Å²) in [5.74, 6) is 0.295. The van der Waals surface area contributed by atoms with Crippen molar-refractivity contribution in [2.45, 2.75) is 25.8 Å². The molecule has 0 atom stereocenters. The number of amides is 1. The Bertz CT molecular complexity index is 770. The third-order valence-corrected chi connectivity index (χ3v) is 4.56. The monoisotopic (exact) mass is 357 g/mol. The molecule has 2 aromatic rings. The Hall–Kier alpha value is -2.70. The van der Waals surface area contributed by atoms with Crippen LogP contribution >= 0.6 is 0 Å². The van der Waals surface area contributed by atoms with Crippen molar-refractivity contribution in [1.82, 2.24) is 14.9 Å². The van der Waals surface area contributed by atoms with Crippen molar-refractivity contribution in [2.24, 2.45) is 0 Å². The number of aromatic nitrogens is 2. The highest BCUT2D eigenvalue weighted by molar-refractivity contribution is 5.94. The first-order valence-corrected chi connectivity index (χ1v) is 8.76. The highest BCUT2D eigenvalue weighted by atomic mass is 19.1. The van der Waals surface area contributed by atoms with Crippen molar-refractivity contribution >= 4 is 17.7 Å². The summed E-state index contributed by atoms with van der Waals surface area (Å²) < 4.78 is 13.7. The highest BCUT2D eigenvalue weighted by Crippen LogP contribution is 2.19. The average Bonchev–Trinajstić information content (AvgIpc) is 2.64. The lowest BCUT2D eigenvalue weighted by Gasteiger charge is -2.32. The largest absolute Gasteiger partial charge is 0.360 e. The molecule has 3 rings (SSSR count). The number of nitrogens with one attached hydrogen (secondary N) is 1. The zero-order valence-electron chi connectivity index (χ0n) is 15.4. The highest BCUT2D eigenvalue weighted by Gasteiger charge is 2.24. The molecule has 1 amide bonds. The summed E-state index contributed by atoms with van der Waals surface area (Å²) in [5.41, 5.74) is 1.86. The number of likely N-dealkylation sites (tertiary alicyclic amines) is 1. The second-order valence-electron chi connectivity index (χ2n) is 6.84. The van der Waals surface area contributed by atoms with Gasteiger partial charge in [0.05, 0.1) is 6.20 Å². The Morgan fingerprint density at radius 1 is 1.23 bits per heavy atom. The van der Waals surface area contributed by atoms with Gasteiger partial charge in [0, 0.05) is 38.8 Å². The third kappa shape index (κ3) is 4.09. The van der Waals surface area contributed by atoms with E-state index in [4.69, 9.17) is 0 Å². The maximum atomic E-state index is 13.7. The van der Waals surface area contributed by atoms with Crippen LogP contribution in [0.1, 0.15) is 28.8 Å². The van der Waals surface area contributed by atoms with Crippen LogP contribution in [-0.4, -0.2) is 54.0 Å². The molecule has 1 aromatic carbocycles. The lowest BCUT2D eigenvalue weighted by atomic mass is 10.0. The molecule has 0 bridgehead atoms. The van der Waals surface area contributed by atoms with Crippen LogP contribution in [0.2, 0.25) is 0 Å². The molecule has 0 spiro atoms.